The zero-order chi connectivity index (χ0) is 12.4. The third-order valence-electron chi connectivity index (χ3n) is 3.44. The topological polar surface area (TPSA) is 35.8 Å². The van der Waals surface area contributed by atoms with E-state index in [1.807, 2.05) is 29.5 Å². The minimum Gasteiger partial charge on any atom is -0.309 e. The summed E-state index contributed by atoms with van der Waals surface area (Å²) in [4.78, 5) is 1.44. The van der Waals surface area contributed by atoms with Gasteiger partial charge in [-0.05, 0) is 48.0 Å². The molecular formula is C15H14N2S. The summed E-state index contributed by atoms with van der Waals surface area (Å²) in [7, 11) is 0. The molecule has 1 aromatic carbocycles. The second-order valence-corrected chi connectivity index (χ2v) is 5.49. The molecule has 3 heteroatoms. The van der Waals surface area contributed by atoms with Gasteiger partial charge in [0.15, 0.2) is 0 Å². The van der Waals surface area contributed by atoms with Crippen LogP contribution in [0, 0.1) is 11.3 Å². The molecule has 1 N–H and O–H groups in total. The smallest absolute Gasteiger partial charge is 0.0994 e. The molecular weight excluding hydrogens is 240 g/mol. The Morgan fingerprint density at radius 2 is 2.22 bits per heavy atom. The van der Waals surface area contributed by atoms with Crippen molar-refractivity contribution < 1.29 is 0 Å². The van der Waals surface area contributed by atoms with Crippen LogP contribution in [0.3, 0.4) is 0 Å². The molecule has 1 atom stereocenters. The minimum atomic E-state index is 0.364. The van der Waals surface area contributed by atoms with Gasteiger partial charge in [-0.15, -0.1) is 11.3 Å². The van der Waals surface area contributed by atoms with E-state index < -0.39 is 0 Å². The van der Waals surface area contributed by atoms with Gasteiger partial charge >= 0.3 is 0 Å². The molecule has 0 saturated heterocycles. The molecule has 1 unspecified atom stereocenters. The summed E-state index contributed by atoms with van der Waals surface area (Å²) >= 11 is 1.82. The van der Waals surface area contributed by atoms with Crippen molar-refractivity contribution in [3.05, 3.63) is 57.3 Å². The first-order valence-corrected chi connectivity index (χ1v) is 7.04. The van der Waals surface area contributed by atoms with Crippen molar-refractivity contribution in [1.82, 2.24) is 5.32 Å². The fraction of sp³-hybridized carbons (Fsp3) is 0.267. The summed E-state index contributed by atoms with van der Waals surface area (Å²) in [6, 6.07) is 12.8. The Morgan fingerprint density at radius 1 is 1.33 bits per heavy atom. The Bertz CT molecular complexity index is 595. The zero-order valence-corrected chi connectivity index (χ0v) is 10.8. The number of nitriles is 1. The van der Waals surface area contributed by atoms with E-state index in [0.717, 1.165) is 30.5 Å². The van der Waals surface area contributed by atoms with Crippen LogP contribution in [0.25, 0.3) is 0 Å². The van der Waals surface area contributed by atoms with Crippen LogP contribution < -0.4 is 5.32 Å². The summed E-state index contributed by atoms with van der Waals surface area (Å²) < 4.78 is 0. The molecule has 18 heavy (non-hydrogen) atoms. The molecule has 2 aromatic rings. The van der Waals surface area contributed by atoms with Gasteiger partial charge in [0.2, 0.25) is 0 Å². The first-order chi connectivity index (χ1) is 8.88. The van der Waals surface area contributed by atoms with Crippen molar-refractivity contribution in [2.24, 2.45) is 0 Å². The van der Waals surface area contributed by atoms with Crippen molar-refractivity contribution in [1.29, 1.82) is 5.26 Å². The molecule has 1 aromatic heterocycles. The minimum absolute atomic E-state index is 0.364. The molecule has 3 rings (SSSR count). The SMILES string of the molecule is N#Cc1ccccc1CC1NCCc2ccsc21. The maximum Gasteiger partial charge on any atom is 0.0994 e. The quantitative estimate of drug-likeness (QED) is 0.894. The van der Waals surface area contributed by atoms with Crippen molar-refractivity contribution in [3.63, 3.8) is 0 Å². The van der Waals surface area contributed by atoms with E-state index in [2.05, 4.69) is 28.9 Å². The van der Waals surface area contributed by atoms with Gasteiger partial charge in [-0.25, -0.2) is 0 Å². The highest BCUT2D eigenvalue weighted by Gasteiger charge is 2.21. The third kappa shape index (κ3) is 2.05. The lowest BCUT2D eigenvalue weighted by Gasteiger charge is -2.24. The lowest BCUT2D eigenvalue weighted by Crippen LogP contribution is -2.30. The lowest BCUT2D eigenvalue weighted by molar-refractivity contribution is 0.512. The van der Waals surface area contributed by atoms with Crippen molar-refractivity contribution in [3.8, 4) is 6.07 Å². The lowest BCUT2D eigenvalue weighted by atomic mass is 9.95. The van der Waals surface area contributed by atoms with E-state index in [-0.39, 0.29) is 0 Å². The highest BCUT2D eigenvalue weighted by Crippen LogP contribution is 2.31. The second-order valence-electron chi connectivity index (χ2n) is 4.54. The molecule has 0 bridgehead atoms. The van der Waals surface area contributed by atoms with Crippen LogP contribution in [0.1, 0.15) is 27.6 Å². The molecule has 0 saturated carbocycles. The number of rotatable bonds is 2. The maximum absolute atomic E-state index is 9.14. The van der Waals surface area contributed by atoms with E-state index in [0.29, 0.717) is 6.04 Å². The molecule has 2 heterocycles. The van der Waals surface area contributed by atoms with Crippen LogP contribution in [0.5, 0.6) is 0 Å². The van der Waals surface area contributed by atoms with Gasteiger partial charge in [-0.3, -0.25) is 0 Å². The maximum atomic E-state index is 9.14. The molecule has 0 aliphatic carbocycles. The summed E-state index contributed by atoms with van der Waals surface area (Å²) in [5.74, 6) is 0. The molecule has 2 nitrogen and oxygen atoms in total. The average Bonchev–Trinajstić information content (AvgIpc) is 2.89. The fourth-order valence-corrected chi connectivity index (χ4v) is 3.56. The number of hydrogen-bond donors (Lipinski definition) is 1. The van der Waals surface area contributed by atoms with Crippen LogP contribution in [-0.2, 0) is 12.8 Å². The van der Waals surface area contributed by atoms with E-state index in [4.69, 9.17) is 5.26 Å². The van der Waals surface area contributed by atoms with Gasteiger partial charge in [0.25, 0.3) is 0 Å². The standard InChI is InChI=1S/C15H14N2S/c16-10-13-4-2-1-3-12(13)9-14-15-11(5-7-17-14)6-8-18-15/h1-4,6,8,14,17H,5,7,9H2. The number of hydrogen-bond acceptors (Lipinski definition) is 3. The van der Waals surface area contributed by atoms with Crippen LogP contribution >= 0.6 is 11.3 Å². The molecule has 0 amide bonds. The van der Waals surface area contributed by atoms with Crippen LogP contribution in [0.15, 0.2) is 35.7 Å². The Hall–Kier alpha value is -1.63. The second kappa shape index (κ2) is 4.93. The number of fused-ring (bicyclic) bond motifs is 1. The highest BCUT2D eigenvalue weighted by molar-refractivity contribution is 7.10. The summed E-state index contributed by atoms with van der Waals surface area (Å²) in [5, 5.41) is 14.9. The van der Waals surface area contributed by atoms with Crippen molar-refractivity contribution >= 4 is 11.3 Å². The Morgan fingerprint density at radius 3 is 3.11 bits per heavy atom. The van der Waals surface area contributed by atoms with Gasteiger partial charge in [0.05, 0.1) is 11.6 Å². The Balaban J connectivity index is 1.89. The number of nitrogens with one attached hydrogen (secondary N) is 1. The van der Waals surface area contributed by atoms with Gasteiger partial charge in [0.1, 0.15) is 0 Å². The molecule has 1 aliphatic rings. The molecule has 0 radical (unpaired) electrons. The fourth-order valence-electron chi connectivity index (χ4n) is 2.53. The van der Waals surface area contributed by atoms with E-state index in [9.17, 15) is 0 Å². The first kappa shape index (κ1) is 11.5. The van der Waals surface area contributed by atoms with Crippen LogP contribution in [0.4, 0.5) is 0 Å². The van der Waals surface area contributed by atoms with E-state index in [1.165, 1.54) is 10.4 Å². The molecule has 1 aliphatic heterocycles. The van der Waals surface area contributed by atoms with E-state index >= 15 is 0 Å². The third-order valence-corrected chi connectivity index (χ3v) is 4.52. The number of benzene rings is 1. The molecule has 90 valence electrons. The van der Waals surface area contributed by atoms with Crippen molar-refractivity contribution in [2.45, 2.75) is 18.9 Å². The molecule has 0 spiro atoms. The Kier molecular flexibility index (Phi) is 3.14. The predicted octanol–water partition coefficient (Wildman–Crippen LogP) is 3.05. The highest BCUT2D eigenvalue weighted by atomic mass is 32.1. The van der Waals surface area contributed by atoms with Gasteiger partial charge < -0.3 is 5.32 Å². The zero-order valence-electron chi connectivity index (χ0n) is 10.0. The monoisotopic (exact) mass is 254 g/mol. The van der Waals surface area contributed by atoms with Crippen molar-refractivity contribution in [2.75, 3.05) is 6.54 Å². The summed E-state index contributed by atoms with van der Waals surface area (Å²) in [5.41, 5.74) is 3.40. The normalized spacial score (nSPS) is 18.1. The first-order valence-electron chi connectivity index (χ1n) is 6.16. The summed E-state index contributed by atoms with van der Waals surface area (Å²) in [6.07, 6.45) is 2.02. The number of thiophene rings is 1. The number of nitrogens with zero attached hydrogens (tertiary/aromatic N) is 1. The molecule has 0 fully saturated rings. The predicted molar refractivity (Wildman–Crippen MR) is 73.6 cm³/mol. The Labute approximate surface area is 111 Å². The van der Waals surface area contributed by atoms with Crippen LogP contribution in [0.2, 0.25) is 0 Å². The summed E-state index contributed by atoms with van der Waals surface area (Å²) in [6.45, 7) is 1.03. The van der Waals surface area contributed by atoms with E-state index in [1.54, 1.807) is 0 Å². The largest absolute Gasteiger partial charge is 0.309 e. The average molecular weight is 254 g/mol. The van der Waals surface area contributed by atoms with Gasteiger partial charge in [0, 0.05) is 10.9 Å². The van der Waals surface area contributed by atoms with Gasteiger partial charge in [-0.1, -0.05) is 18.2 Å². The van der Waals surface area contributed by atoms with Gasteiger partial charge in [-0.2, -0.15) is 5.26 Å². The van der Waals surface area contributed by atoms with Crippen LogP contribution in [-0.4, -0.2) is 6.54 Å².